The molecule has 6 nitrogen and oxygen atoms in total. The molecule has 0 saturated carbocycles. The molecule has 3 aromatic rings. The molecule has 0 radical (unpaired) electrons. The fraction of sp³-hybridized carbons (Fsp3) is 0.391. The van der Waals surface area contributed by atoms with Crippen molar-refractivity contribution in [3.8, 4) is 21.9 Å². The third-order valence-electron chi connectivity index (χ3n) is 5.42. The van der Waals surface area contributed by atoms with Crippen LogP contribution in [0.5, 0.6) is 11.5 Å². The van der Waals surface area contributed by atoms with Gasteiger partial charge in [0.05, 0.1) is 25.5 Å². The highest BCUT2D eigenvalue weighted by atomic mass is 32.1. The predicted molar refractivity (Wildman–Crippen MR) is 120 cm³/mol. The van der Waals surface area contributed by atoms with E-state index in [9.17, 15) is 4.79 Å². The van der Waals surface area contributed by atoms with Gasteiger partial charge in [-0.15, -0.1) is 11.3 Å². The van der Waals surface area contributed by atoms with Crippen molar-refractivity contribution < 1.29 is 9.47 Å². The number of hydrogen-bond donors (Lipinski definition) is 1. The summed E-state index contributed by atoms with van der Waals surface area (Å²) in [5.41, 5.74) is 2.87. The average molecular weight is 426 g/mol. The fourth-order valence-corrected chi connectivity index (χ4v) is 4.78. The molecule has 1 aliphatic rings. The Bertz CT molecular complexity index is 1100. The highest BCUT2D eigenvalue weighted by Gasteiger charge is 2.22. The van der Waals surface area contributed by atoms with Crippen LogP contribution in [-0.2, 0) is 19.5 Å². The number of nitrogens with one attached hydrogen (secondary N) is 1. The Balaban J connectivity index is 1.49. The average Bonchev–Trinajstić information content (AvgIpc) is 3.21. The summed E-state index contributed by atoms with van der Waals surface area (Å²) in [6, 6.07) is 10.3. The van der Waals surface area contributed by atoms with Crippen molar-refractivity contribution in [2.45, 2.75) is 39.3 Å². The van der Waals surface area contributed by atoms with Gasteiger partial charge in [-0.3, -0.25) is 9.69 Å². The molecule has 0 amide bonds. The van der Waals surface area contributed by atoms with E-state index >= 15 is 0 Å². The fourth-order valence-electron chi connectivity index (χ4n) is 3.74. The zero-order chi connectivity index (χ0) is 21.3. The van der Waals surface area contributed by atoms with E-state index in [1.165, 1.54) is 9.75 Å². The highest BCUT2D eigenvalue weighted by molar-refractivity contribution is 7.15. The Hall–Kier alpha value is -2.64. The molecule has 7 heteroatoms. The monoisotopic (exact) mass is 425 g/mol. The normalized spacial score (nSPS) is 14.0. The van der Waals surface area contributed by atoms with Gasteiger partial charge < -0.3 is 14.5 Å². The molecule has 4 rings (SSSR count). The van der Waals surface area contributed by atoms with Gasteiger partial charge in [-0.1, -0.05) is 13.8 Å². The van der Waals surface area contributed by atoms with E-state index in [2.05, 4.69) is 27.0 Å². The number of thiophene rings is 1. The quantitative estimate of drug-likeness (QED) is 0.641. The van der Waals surface area contributed by atoms with Crippen LogP contribution in [0.1, 0.15) is 41.7 Å². The number of hydrogen-bond acceptors (Lipinski definition) is 6. The van der Waals surface area contributed by atoms with Crippen LogP contribution in [0.15, 0.2) is 35.1 Å². The Morgan fingerprint density at radius 2 is 1.97 bits per heavy atom. The second-order valence-corrected chi connectivity index (χ2v) is 9.00. The smallest absolute Gasteiger partial charge is 0.255 e. The molecule has 158 valence electrons. The van der Waals surface area contributed by atoms with E-state index in [0.717, 1.165) is 53.7 Å². The van der Waals surface area contributed by atoms with Crippen LogP contribution < -0.4 is 15.0 Å². The topological polar surface area (TPSA) is 67.5 Å². The van der Waals surface area contributed by atoms with E-state index in [4.69, 9.17) is 9.47 Å². The van der Waals surface area contributed by atoms with E-state index < -0.39 is 0 Å². The summed E-state index contributed by atoms with van der Waals surface area (Å²) < 4.78 is 10.8. The van der Waals surface area contributed by atoms with E-state index in [-0.39, 0.29) is 11.5 Å². The van der Waals surface area contributed by atoms with Crippen molar-refractivity contribution in [3.63, 3.8) is 0 Å². The summed E-state index contributed by atoms with van der Waals surface area (Å²) in [5, 5.41) is 0. The van der Waals surface area contributed by atoms with Gasteiger partial charge in [-0.25, -0.2) is 4.98 Å². The van der Waals surface area contributed by atoms with Crippen LogP contribution in [0.25, 0.3) is 10.4 Å². The van der Waals surface area contributed by atoms with E-state index in [0.29, 0.717) is 6.54 Å². The minimum Gasteiger partial charge on any atom is -0.493 e. The van der Waals surface area contributed by atoms with Gasteiger partial charge in [0.2, 0.25) is 0 Å². The summed E-state index contributed by atoms with van der Waals surface area (Å²) in [6.45, 7) is 6.46. The second-order valence-electron chi connectivity index (χ2n) is 7.83. The lowest BCUT2D eigenvalue weighted by Gasteiger charge is -2.27. The van der Waals surface area contributed by atoms with Gasteiger partial charge >= 0.3 is 0 Å². The minimum atomic E-state index is 0.00518. The maximum absolute atomic E-state index is 12.5. The molecule has 0 aliphatic carbocycles. The number of aromatic nitrogens is 2. The summed E-state index contributed by atoms with van der Waals surface area (Å²) in [4.78, 5) is 25.0. The van der Waals surface area contributed by atoms with Crippen molar-refractivity contribution in [2.75, 3.05) is 20.8 Å². The number of H-pyrrole nitrogens is 1. The van der Waals surface area contributed by atoms with Crippen molar-refractivity contribution >= 4 is 11.3 Å². The lowest BCUT2D eigenvalue weighted by molar-refractivity contribution is 0.243. The molecular weight excluding hydrogens is 398 g/mol. The van der Waals surface area contributed by atoms with Gasteiger partial charge in [0, 0.05) is 41.7 Å². The third-order valence-corrected chi connectivity index (χ3v) is 6.54. The van der Waals surface area contributed by atoms with Crippen LogP contribution in [0.3, 0.4) is 0 Å². The zero-order valence-electron chi connectivity index (χ0n) is 17.8. The molecule has 0 unspecified atom stereocenters. The first kappa shape index (κ1) is 20.6. The molecule has 0 bridgehead atoms. The van der Waals surface area contributed by atoms with Crippen molar-refractivity contribution in [1.29, 1.82) is 0 Å². The van der Waals surface area contributed by atoms with E-state index in [1.54, 1.807) is 25.6 Å². The first-order chi connectivity index (χ1) is 14.5. The third kappa shape index (κ3) is 4.13. The van der Waals surface area contributed by atoms with Crippen molar-refractivity contribution in [2.24, 2.45) is 0 Å². The molecule has 0 atom stereocenters. The zero-order valence-corrected chi connectivity index (χ0v) is 18.6. The molecule has 0 spiro atoms. The lowest BCUT2D eigenvalue weighted by atomic mass is 10.1. The summed E-state index contributed by atoms with van der Waals surface area (Å²) >= 11 is 1.76. The van der Waals surface area contributed by atoms with Gasteiger partial charge in [0.25, 0.3) is 5.56 Å². The molecule has 30 heavy (non-hydrogen) atoms. The molecule has 0 fully saturated rings. The number of benzene rings is 1. The van der Waals surface area contributed by atoms with Gasteiger partial charge in [-0.05, 0) is 35.9 Å². The largest absolute Gasteiger partial charge is 0.493 e. The molecule has 0 saturated heterocycles. The van der Waals surface area contributed by atoms with Crippen molar-refractivity contribution in [1.82, 2.24) is 14.9 Å². The molecule has 1 N–H and O–H groups in total. The minimum absolute atomic E-state index is 0.00518. The second kappa shape index (κ2) is 8.62. The number of methoxy groups -OCH3 is 2. The van der Waals surface area contributed by atoms with Crippen LogP contribution in [0, 0.1) is 0 Å². The van der Waals surface area contributed by atoms with Crippen LogP contribution >= 0.6 is 11.3 Å². The number of rotatable bonds is 6. The Kier molecular flexibility index (Phi) is 5.92. The Labute approximate surface area is 180 Å². The van der Waals surface area contributed by atoms with Crippen LogP contribution in [-0.4, -0.2) is 35.6 Å². The molecular formula is C23H27N3O3S. The molecule has 3 heterocycles. The number of nitrogens with zero attached hydrogens (tertiary/aromatic N) is 2. The maximum atomic E-state index is 12.5. The molecule has 2 aromatic heterocycles. The van der Waals surface area contributed by atoms with Gasteiger partial charge in [0.15, 0.2) is 11.5 Å². The van der Waals surface area contributed by atoms with Gasteiger partial charge in [0.1, 0.15) is 5.82 Å². The maximum Gasteiger partial charge on any atom is 0.255 e. The standard InChI is InChI=1S/C23H27N3O3S/c1-14(2)22-24-18-9-10-26(13-17(18)23(27)25-22)12-16-6-8-21(30-16)15-5-7-19(28-3)20(11-15)29-4/h5-8,11,14H,9-10,12-13H2,1-4H3,(H,24,25,27). The number of fused-ring (bicyclic) bond motifs is 1. The predicted octanol–water partition coefficient (Wildman–Crippen LogP) is 4.20. The summed E-state index contributed by atoms with van der Waals surface area (Å²) in [5.74, 6) is 2.46. The van der Waals surface area contributed by atoms with Crippen molar-refractivity contribution in [3.05, 3.63) is 62.6 Å². The molecule has 1 aliphatic heterocycles. The van der Waals surface area contributed by atoms with E-state index in [1.807, 2.05) is 32.0 Å². The Morgan fingerprint density at radius 3 is 2.70 bits per heavy atom. The van der Waals surface area contributed by atoms with Crippen LogP contribution in [0.4, 0.5) is 0 Å². The first-order valence-electron chi connectivity index (χ1n) is 10.1. The number of ether oxygens (including phenoxy) is 2. The number of aromatic amines is 1. The highest BCUT2D eigenvalue weighted by Crippen LogP contribution is 2.35. The summed E-state index contributed by atoms with van der Waals surface area (Å²) in [7, 11) is 3.29. The Morgan fingerprint density at radius 1 is 1.17 bits per heavy atom. The summed E-state index contributed by atoms with van der Waals surface area (Å²) in [6.07, 6.45) is 0.812. The lowest BCUT2D eigenvalue weighted by Crippen LogP contribution is -2.35. The van der Waals surface area contributed by atoms with Crippen LogP contribution in [0.2, 0.25) is 0 Å². The molecule has 1 aromatic carbocycles. The SMILES string of the molecule is COc1ccc(-c2ccc(CN3CCc4nc(C(C)C)[nH]c(=O)c4C3)s2)cc1OC. The first-order valence-corrected chi connectivity index (χ1v) is 11.0. The van der Waals surface area contributed by atoms with Gasteiger partial charge in [-0.2, -0.15) is 0 Å².